The quantitative estimate of drug-likeness (QED) is 0.741. The van der Waals surface area contributed by atoms with E-state index in [2.05, 4.69) is 15.0 Å². The predicted octanol–water partition coefficient (Wildman–Crippen LogP) is 4.33. The molecular weight excluding hydrogens is 390 g/mol. The molecule has 1 N–H and O–H groups in total. The Hall–Kier alpha value is -2.06. The third kappa shape index (κ3) is 5.97. The van der Waals surface area contributed by atoms with Crippen LogP contribution in [0.25, 0.3) is 0 Å². The third-order valence-electron chi connectivity index (χ3n) is 3.76. The maximum absolute atomic E-state index is 12.4. The number of alkyl halides is 2. The number of hydrogen-bond donors (Lipinski definition) is 1. The van der Waals surface area contributed by atoms with Crippen molar-refractivity contribution in [3.8, 4) is 5.75 Å². The van der Waals surface area contributed by atoms with Crippen LogP contribution in [-0.2, 0) is 4.79 Å². The normalized spacial score (nSPS) is 14.7. The summed E-state index contributed by atoms with van der Waals surface area (Å²) in [6.07, 6.45) is 0. The van der Waals surface area contributed by atoms with Gasteiger partial charge in [-0.1, -0.05) is 66.0 Å². The van der Waals surface area contributed by atoms with E-state index in [9.17, 15) is 13.6 Å². The van der Waals surface area contributed by atoms with Gasteiger partial charge in [0.05, 0.1) is 18.3 Å². The van der Waals surface area contributed by atoms with Crippen LogP contribution in [0, 0.1) is 0 Å². The second-order valence-electron chi connectivity index (χ2n) is 5.64. The van der Waals surface area contributed by atoms with Crippen molar-refractivity contribution in [2.24, 2.45) is 4.99 Å². The van der Waals surface area contributed by atoms with Crippen molar-refractivity contribution in [1.82, 2.24) is 5.32 Å². The van der Waals surface area contributed by atoms with Crippen molar-refractivity contribution in [3.63, 3.8) is 0 Å². The summed E-state index contributed by atoms with van der Waals surface area (Å²) in [5.41, 5.74) is 1.69. The summed E-state index contributed by atoms with van der Waals surface area (Å²) in [4.78, 5) is 16.8. The van der Waals surface area contributed by atoms with E-state index in [0.29, 0.717) is 0 Å². The first-order chi connectivity index (χ1) is 13.1. The molecule has 2 aromatic rings. The van der Waals surface area contributed by atoms with Crippen LogP contribution in [0.15, 0.2) is 59.6 Å². The van der Waals surface area contributed by atoms with E-state index in [1.807, 2.05) is 30.3 Å². The summed E-state index contributed by atoms with van der Waals surface area (Å²) in [5.74, 6) is 1.21. The molecule has 0 aliphatic carbocycles. The molecule has 2 aromatic carbocycles. The Morgan fingerprint density at radius 1 is 1.15 bits per heavy atom. The van der Waals surface area contributed by atoms with Gasteiger partial charge < -0.3 is 10.1 Å². The molecule has 1 amide bonds. The first-order valence-electron chi connectivity index (χ1n) is 8.31. The van der Waals surface area contributed by atoms with Crippen molar-refractivity contribution in [2.75, 3.05) is 18.1 Å². The summed E-state index contributed by atoms with van der Waals surface area (Å²) in [5, 5.41) is 3.02. The molecule has 4 nitrogen and oxygen atoms in total. The third-order valence-corrected chi connectivity index (χ3v) is 6.01. The summed E-state index contributed by atoms with van der Waals surface area (Å²) in [6, 6.07) is 15.4. The molecule has 8 heteroatoms. The van der Waals surface area contributed by atoms with E-state index in [4.69, 9.17) is 0 Å². The van der Waals surface area contributed by atoms with E-state index in [0.717, 1.165) is 27.8 Å². The predicted molar refractivity (Wildman–Crippen MR) is 107 cm³/mol. The highest BCUT2D eigenvalue weighted by Gasteiger charge is 2.18. The monoisotopic (exact) mass is 408 g/mol. The Kier molecular flexibility index (Phi) is 7.11. The van der Waals surface area contributed by atoms with Gasteiger partial charge in [0.15, 0.2) is 0 Å². The Labute approximate surface area is 164 Å². The van der Waals surface area contributed by atoms with Gasteiger partial charge in [-0.15, -0.1) is 0 Å². The minimum absolute atomic E-state index is 0.0821. The zero-order valence-corrected chi connectivity index (χ0v) is 15.9. The Morgan fingerprint density at radius 2 is 1.85 bits per heavy atom. The van der Waals surface area contributed by atoms with Crippen molar-refractivity contribution >= 4 is 33.8 Å². The maximum atomic E-state index is 12.4. The zero-order valence-electron chi connectivity index (χ0n) is 14.3. The molecule has 0 bridgehead atoms. The minimum atomic E-state index is -2.87. The van der Waals surface area contributed by atoms with Crippen LogP contribution >= 0.6 is 23.5 Å². The van der Waals surface area contributed by atoms with E-state index < -0.39 is 6.61 Å². The maximum Gasteiger partial charge on any atom is 0.387 e. The average Bonchev–Trinajstić information content (AvgIpc) is 3.19. The number of rotatable bonds is 7. The molecule has 3 rings (SSSR count). The van der Waals surface area contributed by atoms with Gasteiger partial charge in [-0.3, -0.25) is 9.79 Å². The lowest BCUT2D eigenvalue weighted by atomic mass is 9.98. The standard InChI is InChI=1S/C19H18F2N2O2S2/c20-18(21)25-15-8-6-14(7-9-15)17(13-4-2-1-3-5-13)23-16(24)12-27-19-22-10-11-26-19/h1-9,17-18H,10-12H2,(H,23,24)/t17-/m1/s1. The van der Waals surface area contributed by atoms with Gasteiger partial charge >= 0.3 is 6.61 Å². The molecule has 0 saturated carbocycles. The SMILES string of the molecule is O=C(CSC1=NCCS1)N[C@H](c1ccccc1)c1ccc(OC(F)F)cc1. The molecule has 1 aliphatic rings. The molecule has 0 fully saturated rings. The number of halogens is 2. The number of nitrogens with one attached hydrogen (secondary N) is 1. The van der Waals surface area contributed by atoms with E-state index in [1.54, 1.807) is 23.9 Å². The number of aliphatic imine (C=N–C) groups is 1. The molecule has 27 heavy (non-hydrogen) atoms. The summed E-state index contributed by atoms with van der Waals surface area (Å²) < 4.78 is 30.0. The van der Waals surface area contributed by atoms with Crippen molar-refractivity contribution in [2.45, 2.75) is 12.7 Å². The number of benzene rings is 2. The highest BCUT2D eigenvalue weighted by atomic mass is 32.2. The fourth-order valence-electron chi connectivity index (χ4n) is 2.58. The van der Waals surface area contributed by atoms with Crippen molar-refractivity contribution in [3.05, 3.63) is 65.7 Å². The van der Waals surface area contributed by atoms with Gasteiger partial charge in [-0.25, -0.2) is 0 Å². The Bertz CT molecular complexity index is 786. The minimum Gasteiger partial charge on any atom is -0.435 e. The molecule has 0 radical (unpaired) electrons. The van der Waals surface area contributed by atoms with Crippen LogP contribution in [0.2, 0.25) is 0 Å². The fourth-order valence-corrected chi connectivity index (χ4v) is 4.40. The largest absolute Gasteiger partial charge is 0.435 e. The van der Waals surface area contributed by atoms with Crippen LogP contribution < -0.4 is 10.1 Å². The first kappa shape index (κ1) is 19.7. The van der Waals surface area contributed by atoms with Gasteiger partial charge in [0.25, 0.3) is 0 Å². The van der Waals surface area contributed by atoms with Gasteiger partial charge in [-0.2, -0.15) is 8.78 Å². The van der Waals surface area contributed by atoms with Crippen molar-refractivity contribution in [1.29, 1.82) is 0 Å². The smallest absolute Gasteiger partial charge is 0.387 e. The van der Waals surface area contributed by atoms with E-state index in [1.165, 1.54) is 23.9 Å². The number of ether oxygens (including phenoxy) is 1. The van der Waals surface area contributed by atoms with E-state index >= 15 is 0 Å². The lowest BCUT2D eigenvalue weighted by molar-refractivity contribution is -0.119. The molecule has 1 heterocycles. The molecule has 0 saturated heterocycles. The number of amides is 1. The van der Waals surface area contributed by atoms with Gasteiger partial charge in [0, 0.05) is 5.75 Å². The highest BCUT2D eigenvalue weighted by Crippen LogP contribution is 2.26. The molecule has 1 aliphatic heterocycles. The highest BCUT2D eigenvalue weighted by molar-refractivity contribution is 8.39. The average molecular weight is 408 g/mol. The number of thioether (sulfide) groups is 2. The lowest BCUT2D eigenvalue weighted by Gasteiger charge is -2.20. The van der Waals surface area contributed by atoms with Crippen molar-refractivity contribution < 1.29 is 18.3 Å². The molecule has 142 valence electrons. The fraction of sp³-hybridized carbons (Fsp3) is 0.263. The lowest BCUT2D eigenvalue weighted by Crippen LogP contribution is -2.30. The topological polar surface area (TPSA) is 50.7 Å². The summed E-state index contributed by atoms with van der Waals surface area (Å²) in [7, 11) is 0. The molecular formula is C19H18F2N2O2S2. The van der Waals surface area contributed by atoms with E-state index in [-0.39, 0.29) is 23.5 Å². The summed E-state index contributed by atoms with van der Waals surface area (Å²) in [6.45, 7) is -2.07. The van der Waals surface area contributed by atoms with Crippen LogP contribution in [0.3, 0.4) is 0 Å². The first-order valence-corrected chi connectivity index (χ1v) is 10.3. The van der Waals surface area contributed by atoms with Gasteiger partial charge in [0.1, 0.15) is 10.1 Å². The summed E-state index contributed by atoms with van der Waals surface area (Å²) >= 11 is 3.09. The second kappa shape index (κ2) is 9.75. The molecule has 1 atom stereocenters. The number of carbonyl (C=O) groups is 1. The Morgan fingerprint density at radius 3 is 2.48 bits per heavy atom. The molecule has 0 spiro atoms. The number of nitrogens with zero attached hydrogens (tertiary/aromatic N) is 1. The number of carbonyl (C=O) groups excluding carboxylic acids is 1. The number of hydrogen-bond acceptors (Lipinski definition) is 5. The van der Waals surface area contributed by atoms with Crippen LogP contribution in [0.5, 0.6) is 5.75 Å². The molecule has 0 unspecified atom stereocenters. The molecule has 0 aromatic heterocycles. The van der Waals surface area contributed by atoms with Gasteiger partial charge in [0.2, 0.25) is 5.91 Å². The van der Waals surface area contributed by atoms with Crippen LogP contribution in [0.4, 0.5) is 8.78 Å². The second-order valence-corrected chi connectivity index (χ2v) is 7.95. The Balaban J connectivity index is 1.72. The van der Waals surface area contributed by atoms with Crippen LogP contribution in [0.1, 0.15) is 17.2 Å². The van der Waals surface area contributed by atoms with Gasteiger partial charge in [-0.05, 0) is 23.3 Å². The van der Waals surface area contributed by atoms with Crippen LogP contribution in [-0.4, -0.2) is 34.9 Å². The zero-order chi connectivity index (χ0) is 19.1.